The fourth-order valence-electron chi connectivity index (χ4n) is 3.63. The van der Waals surface area contributed by atoms with Gasteiger partial charge in [0.1, 0.15) is 23.4 Å². The number of hydrogen-bond acceptors (Lipinski definition) is 5. The van der Waals surface area contributed by atoms with E-state index in [4.69, 9.17) is 14.2 Å². The van der Waals surface area contributed by atoms with Gasteiger partial charge in [-0.15, -0.1) is 0 Å². The van der Waals surface area contributed by atoms with Crippen molar-refractivity contribution in [1.29, 1.82) is 0 Å². The van der Waals surface area contributed by atoms with Crippen molar-refractivity contribution in [3.05, 3.63) is 72.4 Å². The average molecular weight is 481 g/mol. The number of benzene rings is 2. The Bertz CT molecular complexity index is 1370. The van der Waals surface area contributed by atoms with Crippen LogP contribution >= 0.6 is 0 Å². The molecule has 0 unspecified atom stereocenters. The summed E-state index contributed by atoms with van der Waals surface area (Å²) in [5.41, 5.74) is 4.86. The van der Waals surface area contributed by atoms with E-state index < -0.39 is 9.84 Å². The molecule has 4 aromatic rings. The van der Waals surface area contributed by atoms with Crippen LogP contribution in [0.15, 0.2) is 71.6 Å². The van der Waals surface area contributed by atoms with Gasteiger partial charge in [0.2, 0.25) is 0 Å². The van der Waals surface area contributed by atoms with E-state index in [2.05, 4.69) is 9.97 Å². The molecule has 0 saturated heterocycles. The molecule has 34 heavy (non-hydrogen) atoms. The van der Waals surface area contributed by atoms with Crippen LogP contribution in [0.3, 0.4) is 0 Å². The summed E-state index contributed by atoms with van der Waals surface area (Å²) in [4.78, 5) is 7.02. The van der Waals surface area contributed by atoms with Gasteiger partial charge >= 0.3 is 0 Å². The fraction of sp³-hybridized carbons (Fsp3) is 0.231. The minimum atomic E-state index is -3.27. The highest BCUT2D eigenvalue weighted by atomic mass is 32.2. The van der Waals surface area contributed by atoms with Crippen molar-refractivity contribution in [2.75, 3.05) is 20.0 Å². The summed E-state index contributed by atoms with van der Waals surface area (Å²) < 4.78 is 40.8. The van der Waals surface area contributed by atoms with Crippen LogP contribution in [0, 0.1) is 6.92 Å². The maximum absolute atomic E-state index is 11.7. The number of aromatic nitrogens is 2. The molecule has 1 atom stereocenters. The van der Waals surface area contributed by atoms with Crippen LogP contribution in [0.2, 0.25) is 0 Å². The average Bonchev–Trinajstić information content (AvgIpc) is 3.43. The predicted molar refractivity (Wildman–Crippen MR) is 132 cm³/mol. The first-order chi connectivity index (χ1) is 16.2. The summed E-state index contributed by atoms with van der Waals surface area (Å²) in [6.07, 6.45) is 1.03. The fourth-order valence-corrected chi connectivity index (χ4v) is 4.26. The van der Waals surface area contributed by atoms with Crippen LogP contribution < -0.4 is 9.47 Å². The van der Waals surface area contributed by atoms with E-state index in [1.54, 1.807) is 25.3 Å². The van der Waals surface area contributed by atoms with Crippen LogP contribution in [-0.2, 0) is 14.6 Å². The summed E-state index contributed by atoms with van der Waals surface area (Å²) in [6, 6.07) is 20.1. The Morgan fingerprint density at radius 1 is 0.824 bits per heavy atom. The molecular weight excluding hydrogens is 452 g/mol. The summed E-state index contributed by atoms with van der Waals surface area (Å²) in [7, 11) is -1.64. The summed E-state index contributed by atoms with van der Waals surface area (Å²) >= 11 is 0. The Hall–Kier alpha value is -3.49. The Kier molecular flexibility index (Phi) is 6.81. The summed E-state index contributed by atoms with van der Waals surface area (Å²) in [5, 5.41) is 0. The van der Waals surface area contributed by atoms with Gasteiger partial charge < -0.3 is 24.2 Å². The zero-order valence-corrected chi connectivity index (χ0v) is 20.4. The van der Waals surface area contributed by atoms with E-state index in [1.165, 1.54) is 18.4 Å². The van der Waals surface area contributed by atoms with Crippen LogP contribution in [0.25, 0.3) is 22.6 Å². The number of aromatic amines is 2. The Morgan fingerprint density at radius 2 is 1.47 bits per heavy atom. The highest BCUT2D eigenvalue weighted by molar-refractivity contribution is 7.90. The molecule has 2 heterocycles. The first-order valence-electron chi connectivity index (χ1n) is 10.9. The molecule has 0 aliphatic heterocycles. The van der Waals surface area contributed by atoms with E-state index in [0.29, 0.717) is 23.9 Å². The molecule has 7 nitrogen and oxygen atoms in total. The molecule has 0 fully saturated rings. The van der Waals surface area contributed by atoms with E-state index in [1.807, 2.05) is 50.2 Å². The van der Waals surface area contributed by atoms with Gasteiger partial charge in [0.15, 0.2) is 9.84 Å². The third-order valence-corrected chi connectivity index (χ3v) is 6.35. The normalized spacial score (nSPS) is 12.5. The van der Waals surface area contributed by atoms with Crippen molar-refractivity contribution in [2.45, 2.75) is 24.8 Å². The number of nitrogens with one attached hydrogen (secondary N) is 2. The number of rotatable bonds is 9. The minimum Gasteiger partial charge on any atom is -0.488 e. The quantitative estimate of drug-likeness (QED) is 0.325. The van der Waals surface area contributed by atoms with Gasteiger partial charge in [-0.25, -0.2) is 8.42 Å². The highest BCUT2D eigenvalue weighted by Gasteiger charge is 2.13. The lowest BCUT2D eigenvalue weighted by molar-refractivity contribution is 0.0920. The number of methoxy groups -OCH3 is 1. The molecule has 0 saturated carbocycles. The van der Waals surface area contributed by atoms with Crippen molar-refractivity contribution in [3.63, 3.8) is 0 Å². The first kappa shape index (κ1) is 23.7. The molecule has 0 amide bonds. The molecule has 0 spiro atoms. The molecule has 2 aromatic carbocycles. The lowest BCUT2D eigenvalue weighted by Crippen LogP contribution is -2.17. The Morgan fingerprint density at radius 3 is 2.12 bits per heavy atom. The Balaban J connectivity index is 1.66. The number of H-pyrrole nitrogens is 2. The minimum absolute atomic E-state index is 0.150. The van der Waals surface area contributed by atoms with Gasteiger partial charge in [-0.3, -0.25) is 0 Å². The second-order valence-corrected chi connectivity index (χ2v) is 10.3. The zero-order valence-electron chi connectivity index (χ0n) is 19.6. The first-order valence-corrected chi connectivity index (χ1v) is 12.7. The molecule has 0 radical (unpaired) electrons. The largest absolute Gasteiger partial charge is 0.488 e. The Labute approximate surface area is 199 Å². The predicted octanol–water partition coefficient (Wildman–Crippen LogP) is 5.59. The zero-order chi connectivity index (χ0) is 24.3. The maximum atomic E-state index is 11.7. The lowest BCUT2D eigenvalue weighted by Gasteiger charge is -2.16. The molecule has 2 aromatic heterocycles. The smallest absolute Gasteiger partial charge is 0.175 e. The van der Waals surface area contributed by atoms with Gasteiger partial charge in [-0.2, -0.15) is 0 Å². The number of ether oxygens (including phenoxy) is 3. The highest BCUT2D eigenvalue weighted by Crippen LogP contribution is 2.34. The van der Waals surface area contributed by atoms with E-state index in [-0.39, 0.29) is 11.0 Å². The third-order valence-electron chi connectivity index (χ3n) is 5.23. The van der Waals surface area contributed by atoms with Crippen molar-refractivity contribution >= 4 is 9.84 Å². The van der Waals surface area contributed by atoms with Crippen molar-refractivity contribution in [2.24, 2.45) is 0 Å². The van der Waals surface area contributed by atoms with Gasteiger partial charge in [0.25, 0.3) is 0 Å². The molecule has 0 bridgehead atoms. The molecule has 2 N–H and O–H groups in total. The third kappa shape index (κ3) is 5.70. The van der Waals surface area contributed by atoms with E-state index in [9.17, 15) is 8.42 Å². The van der Waals surface area contributed by atoms with Gasteiger partial charge in [-0.05, 0) is 74.5 Å². The van der Waals surface area contributed by atoms with Crippen molar-refractivity contribution in [3.8, 4) is 39.9 Å². The number of hydrogen-bond donors (Lipinski definition) is 2. The van der Waals surface area contributed by atoms with Gasteiger partial charge in [-0.1, -0.05) is 0 Å². The monoisotopic (exact) mass is 480 g/mol. The van der Waals surface area contributed by atoms with Crippen LogP contribution in [0.4, 0.5) is 0 Å². The molecular formula is C26H28N2O5S. The van der Waals surface area contributed by atoms with Crippen molar-refractivity contribution < 1.29 is 22.6 Å². The maximum Gasteiger partial charge on any atom is 0.175 e. The number of sulfone groups is 1. The molecule has 178 valence electrons. The van der Waals surface area contributed by atoms with E-state index >= 15 is 0 Å². The van der Waals surface area contributed by atoms with Crippen LogP contribution in [-0.4, -0.2) is 44.5 Å². The van der Waals surface area contributed by atoms with Crippen molar-refractivity contribution in [1.82, 2.24) is 9.97 Å². The van der Waals surface area contributed by atoms with Gasteiger partial charge in [0, 0.05) is 36.4 Å². The lowest BCUT2D eigenvalue weighted by atomic mass is 10.1. The number of aryl methyl sites for hydroxylation is 1. The van der Waals surface area contributed by atoms with E-state index in [0.717, 1.165) is 28.3 Å². The molecule has 0 aliphatic rings. The van der Waals surface area contributed by atoms with Crippen LogP contribution in [0.5, 0.6) is 17.2 Å². The SMILES string of the molecule is COC[C@H](C)Oc1cc(Oc2ccc(S(C)(=O)=O)cc2)cc(-c2ccc(-c3ccc(C)[nH]3)[nH]2)c1. The molecule has 0 aliphatic carbocycles. The van der Waals surface area contributed by atoms with Crippen LogP contribution in [0.1, 0.15) is 12.6 Å². The van der Waals surface area contributed by atoms with Gasteiger partial charge in [0.05, 0.1) is 22.9 Å². The second-order valence-electron chi connectivity index (χ2n) is 8.26. The topological polar surface area (TPSA) is 93.4 Å². The second kappa shape index (κ2) is 9.79. The summed E-state index contributed by atoms with van der Waals surface area (Å²) in [6.45, 7) is 4.40. The standard InChI is InChI=1S/C26H28N2O5S/c1-17-5-10-25(27-17)26-12-11-24(28-26)19-13-21(32-18(2)16-31-3)15-22(14-19)33-20-6-8-23(9-7-20)34(4,29)30/h5-15,18,27-28H,16H2,1-4H3/t18-/m0/s1. The molecule has 8 heteroatoms. The summed E-state index contributed by atoms with van der Waals surface area (Å²) in [5.74, 6) is 1.72. The molecule has 4 rings (SSSR count).